The van der Waals surface area contributed by atoms with Gasteiger partial charge in [0.2, 0.25) is 0 Å². The molecule has 65 heavy (non-hydrogen) atoms. The van der Waals surface area contributed by atoms with Crippen LogP contribution in [-0.2, 0) is 32.7 Å². The van der Waals surface area contributed by atoms with Crippen molar-refractivity contribution in [2.75, 3.05) is 13.2 Å². The van der Waals surface area contributed by atoms with Crippen LogP contribution in [0.15, 0.2) is 72.9 Å². The summed E-state index contributed by atoms with van der Waals surface area (Å²) in [5.74, 6) is -1.42. The van der Waals surface area contributed by atoms with Crippen LogP contribution in [0.3, 0.4) is 0 Å². The third kappa shape index (κ3) is 32.6. The average molecular weight is 939 g/mol. The summed E-state index contributed by atoms with van der Waals surface area (Å²) in [6.07, 6.45) is 38.8. The van der Waals surface area contributed by atoms with E-state index in [0.29, 0.717) is 12.8 Å². The van der Waals surface area contributed by atoms with Gasteiger partial charge in [-0.1, -0.05) is 183 Å². The van der Waals surface area contributed by atoms with Gasteiger partial charge >= 0.3 is 19.8 Å². The molecule has 6 unspecified atom stereocenters. The van der Waals surface area contributed by atoms with Crippen LogP contribution < -0.4 is 0 Å². The topological polar surface area (TPSA) is 210 Å². The number of phosphoric ester groups is 1. The fraction of sp³-hybridized carbons (Fsp3) is 0.725. The summed E-state index contributed by atoms with van der Waals surface area (Å²) in [5.41, 5.74) is 0. The zero-order valence-electron chi connectivity index (χ0n) is 39.8. The molecule has 8 atom stereocenters. The van der Waals surface area contributed by atoms with E-state index in [4.69, 9.17) is 18.5 Å². The lowest BCUT2D eigenvalue weighted by atomic mass is 9.85. The second kappa shape index (κ2) is 40.4. The summed E-state index contributed by atoms with van der Waals surface area (Å²) in [6.45, 7) is 3.15. The Hall–Kier alpha value is -2.71. The Morgan fingerprint density at radius 2 is 0.938 bits per heavy atom. The van der Waals surface area contributed by atoms with Crippen molar-refractivity contribution in [3.8, 4) is 0 Å². The van der Waals surface area contributed by atoms with Gasteiger partial charge in [0.05, 0.1) is 6.61 Å². The van der Waals surface area contributed by atoms with Gasteiger partial charge in [-0.25, -0.2) is 9.36 Å². The predicted octanol–water partition coefficient (Wildman–Crippen LogP) is 10.3. The number of aliphatic hydroxyl groups is 5. The highest BCUT2D eigenvalue weighted by Crippen LogP contribution is 2.47. The molecule has 13 nitrogen and oxygen atoms in total. The third-order valence-electron chi connectivity index (χ3n) is 11.1. The molecule has 0 bridgehead atoms. The summed E-state index contributed by atoms with van der Waals surface area (Å²) in [5, 5.41) is 50.2. The zero-order chi connectivity index (χ0) is 47.8. The normalized spacial score (nSPS) is 22.0. The SMILES string of the molecule is CCCCCCCCC/C=C/C/C=C/C/C=C/C/C=C/CCCC(=O)O[C@H](COC(=O)/C=C/C=C/CCCCCCCCCCCCC)COP(=O)(O)OC1C(O)C(O)C(O)[C@@H](O)C1O. The van der Waals surface area contributed by atoms with Crippen molar-refractivity contribution in [3.05, 3.63) is 72.9 Å². The summed E-state index contributed by atoms with van der Waals surface area (Å²) < 4.78 is 33.3. The van der Waals surface area contributed by atoms with Crippen LogP contribution >= 0.6 is 7.82 Å². The number of aliphatic hydroxyl groups excluding tert-OH is 5. The van der Waals surface area contributed by atoms with Crippen LogP contribution in [0.5, 0.6) is 0 Å². The van der Waals surface area contributed by atoms with Crippen molar-refractivity contribution < 1.29 is 63.1 Å². The molecule has 1 aliphatic carbocycles. The van der Waals surface area contributed by atoms with Gasteiger partial charge in [0, 0.05) is 12.5 Å². The Morgan fingerprint density at radius 1 is 0.523 bits per heavy atom. The molecule has 0 aromatic heterocycles. The second-order valence-corrected chi connectivity index (χ2v) is 18.4. The van der Waals surface area contributed by atoms with Gasteiger partial charge in [-0.3, -0.25) is 13.8 Å². The first-order chi connectivity index (χ1) is 31.4. The molecule has 1 aliphatic rings. The number of carbonyl (C=O) groups excluding carboxylic acids is 2. The number of unbranched alkanes of at least 4 members (excludes halogenated alkanes) is 19. The van der Waals surface area contributed by atoms with Crippen LogP contribution in [0.2, 0.25) is 0 Å². The van der Waals surface area contributed by atoms with Gasteiger partial charge < -0.3 is 39.9 Å². The third-order valence-corrected chi connectivity index (χ3v) is 12.1. The Labute approximate surface area is 391 Å². The predicted molar refractivity (Wildman–Crippen MR) is 258 cm³/mol. The molecular weight excluding hydrogens is 852 g/mol. The van der Waals surface area contributed by atoms with Crippen molar-refractivity contribution >= 4 is 19.8 Å². The number of rotatable bonds is 40. The van der Waals surface area contributed by atoms with Gasteiger partial charge in [0.1, 0.15) is 43.2 Å². The lowest BCUT2D eigenvalue weighted by molar-refractivity contribution is -0.220. The maximum absolute atomic E-state index is 12.8. The molecule has 0 heterocycles. The quantitative estimate of drug-likeness (QED) is 0.00845. The molecule has 0 aromatic carbocycles. The number of esters is 2. The van der Waals surface area contributed by atoms with E-state index in [-0.39, 0.29) is 6.42 Å². The number of carbonyl (C=O) groups is 2. The number of hydrogen-bond donors (Lipinski definition) is 6. The highest BCUT2D eigenvalue weighted by atomic mass is 31.2. The molecule has 1 fully saturated rings. The fourth-order valence-corrected chi connectivity index (χ4v) is 8.11. The fourth-order valence-electron chi connectivity index (χ4n) is 7.13. The molecule has 0 saturated heterocycles. The minimum Gasteiger partial charge on any atom is -0.458 e. The van der Waals surface area contributed by atoms with Crippen LogP contribution in [-0.4, -0.2) is 98.3 Å². The van der Waals surface area contributed by atoms with Crippen LogP contribution in [0.25, 0.3) is 0 Å². The molecule has 0 radical (unpaired) electrons. The summed E-state index contributed by atoms with van der Waals surface area (Å²) in [7, 11) is -5.16. The van der Waals surface area contributed by atoms with Gasteiger partial charge in [-0.15, -0.1) is 0 Å². The van der Waals surface area contributed by atoms with E-state index in [9.17, 15) is 44.6 Å². The van der Waals surface area contributed by atoms with E-state index >= 15 is 0 Å². The maximum Gasteiger partial charge on any atom is 0.472 e. The van der Waals surface area contributed by atoms with Crippen molar-refractivity contribution in [1.82, 2.24) is 0 Å². The van der Waals surface area contributed by atoms with Crippen molar-refractivity contribution in [2.45, 2.75) is 224 Å². The van der Waals surface area contributed by atoms with E-state index in [1.54, 1.807) is 6.08 Å². The van der Waals surface area contributed by atoms with Gasteiger partial charge in [-0.05, 0) is 57.8 Å². The molecule has 0 spiro atoms. The van der Waals surface area contributed by atoms with Crippen LogP contribution in [0, 0.1) is 0 Å². The largest absolute Gasteiger partial charge is 0.472 e. The molecule has 14 heteroatoms. The maximum atomic E-state index is 12.8. The number of hydrogen-bond acceptors (Lipinski definition) is 12. The summed E-state index contributed by atoms with van der Waals surface area (Å²) >= 11 is 0. The summed E-state index contributed by atoms with van der Waals surface area (Å²) in [4.78, 5) is 35.6. The van der Waals surface area contributed by atoms with Crippen LogP contribution in [0.1, 0.15) is 181 Å². The van der Waals surface area contributed by atoms with Crippen molar-refractivity contribution in [1.29, 1.82) is 0 Å². The van der Waals surface area contributed by atoms with E-state index in [1.165, 1.54) is 115 Å². The Bertz CT molecular complexity index is 1410. The minimum absolute atomic E-state index is 0.00140. The first-order valence-electron chi connectivity index (χ1n) is 24.8. The van der Waals surface area contributed by atoms with E-state index in [1.807, 2.05) is 18.2 Å². The molecule has 6 N–H and O–H groups in total. The Kier molecular flexibility index (Phi) is 37.5. The highest BCUT2D eigenvalue weighted by Gasteiger charge is 2.51. The molecule has 374 valence electrons. The molecular formula is C51H87O13P. The van der Waals surface area contributed by atoms with E-state index < -0.39 is 75.7 Å². The van der Waals surface area contributed by atoms with Crippen LogP contribution in [0.4, 0.5) is 0 Å². The average Bonchev–Trinajstić information content (AvgIpc) is 3.29. The first-order valence-corrected chi connectivity index (χ1v) is 26.3. The molecule has 1 saturated carbocycles. The summed E-state index contributed by atoms with van der Waals surface area (Å²) in [6, 6.07) is 0. The minimum atomic E-state index is -5.16. The number of phosphoric acid groups is 1. The van der Waals surface area contributed by atoms with Crippen molar-refractivity contribution in [3.63, 3.8) is 0 Å². The second-order valence-electron chi connectivity index (χ2n) is 17.0. The molecule has 1 rings (SSSR count). The van der Waals surface area contributed by atoms with Crippen molar-refractivity contribution in [2.24, 2.45) is 0 Å². The monoisotopic (exact) mass is 939 g/mol. The Morgan fingerprint density at radius 3 is 1.43 bits per heavy atom. The van der Waals surface area contributed by atoms with Gasteiger partial charge in [-0.2, -0.15) is 0 Å². The first kappa shape index (κ1) is 60.3. The Balaban J connectivity index is 2.52. The lowest BCUT2D eigenvalue weighted by Crippen LogP contribution is -2.64. The van der Waals surface area contributed by atoms with Gasteiger partial charge in [0.15, 0.2) is 6.10 Å². The standard InChI is InChI=1S/C51H87O13P/c1-3-5-7-9-11-13-15-17-19-20-21-22-23-24-26-28-30-32-34-36-38-40-45(53)63-43(42-62-65(59,60)64-51-49(57)47(55)46(54)48(56)50(51)58)41-61-44(52)39-37-35-33-31-29-27-25-18-16-14-12-10-8-6-4-2/h19-20,22-23,26,28,32-35,37,39,43,46-51,54-58H,3-18,21,24-25,27,29-31,36,38,40-42H2,1-2H3,(H,59,60)/b20-19+,23-22+,28-26+,34-32+,35-33+,39-37+/t43-,46?,47-,48?,49?,50?,51?/m1/s1. The smallest absolute Gasteiger partial charge is 0.458 e. The highest BCUT2D eigenvalue weighted by molar-refractivity contribution is 7.47. The molecule has 0 aromatic rings. The molecule has 0 aliphatic heterocycles. The number of allylic oxidation sites excluding steroid dienone is 11. The number of ether oxygens (including phenoxy) is 2. The van der Waals surface area contributed by atoms with E-state index in [2.05, 4.69) is 50.3 Å². The lowest BCUT2D eigenvalue weighted by Gasteiger charge is -2.41. The van der Waals surface area contributed by atoms with E-state index in [0.717, 1.165) is 44.9 Å². The zero-order valence-corrected chi connectivity index (χ0v) is 40.7. The molecule has 0 amide bonds. The van der Waals surface area contributed by atoms with Gasteiger partial charge in [0.25, 0.3) is 0 Å².